The van der Waals surface area contributed by atoms with Crippen molar-refractivity contribution < 1.29 is 13.2 Å². The van der Waals surface area contributed by atoms with Crippen LogP contribution in [0.25, 0.3) is 0 Å². The fraction of sp³-hybridized carbons (Fsp3) is 0.571. The van der Waals surface area contributed by atoms with Crippen molar-refractivity contribution in [1.29, 1.82) is 0 Å². The van der Waals surface area contributed by atoms with Crippen molar-refractivity contribution in [3.63, 3.8) is 0 Å². The molecule has 1 aliphatic rings. The van der Waals surface area contributed by atoms with E-state index in [0.29, 0.717) is 6.54 Å². The Morgan fingerprint density at radius 3 is 2.63 bits per heavy atom. The largest absolute Gasteiger partial charge is 0.401 e. The maximum atomic E-state index is 12.6. The third kappa shape index (κ3) is 3.89. The van der Waals surface area contributed by atoms with Crippen LogP contribution in [0.4, 0.5) is 13.2 Å². The number of benzene rings is 1. The zero-order valence-electron chi connectivity index (χ0n) is 11.1. The van der Waals surface area contributed by atoms with Crippen molar-refractivity contribution in [3.8, 4) is 0 Å². The normalized spacial score (nSPS) is 19.2. The summed E-state index contributed by atoms with van der Waals surface area (Å²) in [6, 6.07) is 7.92. The molecule has 0 N–H and O–H groups in total. The van der Waals surface area contributed by atoms with Crippen molar-refractivity contribution in [1.82, 2.24) is 4.90 Å². The minimum Gasteiger partial charge on any atom is -0.292 e. The molecule has 1 nitrogen and oxygen atoms in total. The van der Waals surface area contributed by atoms with Crippen molar-refractivity contribution in [2.45, 2.75) is 36.9 Å². The smallest absolute Gasteiger partial charge is 0.292 e. The summed E-state index contributed by atoms with van der Waals surface area (Å²) in [5, 5.41) is 0. The van der Waals surface area contributed by atoms with Gasteiger partial charge in [0.15, 0.2) is 0 Å². The van der Waals surface area contributed by atoms with E-state index < -0.39 is 12.7 Å². The molecule has 0 fully saturated rings. The summed E-state index contributed by atoms with van der Waals surface area (Å²) in [5.41, 5.74) is 1.19. The molecule has 0 radical (unpaired) electrons. The van der Waals surface area contributed by atoms with Gasteiger partial charge in [0.25, 0.3) is 0 Å². The SMILES string of the molecule is CC(C)N(CC1CSc2ccccc21)CC(F)(F)F. The molecular weight excluding hydrogens is 271 g/mol. The first-order chi connectivity index (χ1) is 8.87. The maximum absolute atomic E-state index is 12.6. The quantitative estimate of drug-likeness (QED) is 0.819. The molecule has 19 heavy (non-hydrogen) atoms. The van der Waals surface area contributed by atoms with Crippen LogP contribution in [-0.2, 0) is 0 Å². The van der Waals surface area contributed by atoms with Gasteiger partial charge in [-0.1, -0.05) is 18.2 Å². The van der Waals surface area contributed by atoms with Gasteiger partial charge in [0.05, 0.1) is 6.54 Å². The van der Waals surface area contributed by atoms with Crippen LogP contribution in [0.5, 0.6) is 0 Å². The lowest BCUT2D eigenvalue weighted by atomic mass is 10.0. The van der Waals surface area contributed by atoms with E-state index in [-0.39, 0.29) is 12.0 Å². The fourth-order valence-corrected chi connectivity index (χ4v) is 3.59. The summed E-state index contributed by atoms with van der Waals surface area (Å²) in [7, 11) is 0. The molecule has 0 saturated carbocycles. The summed E-state index contributed by atoms with van der Waals surface area (Å²) in [5.74, 6) is 1.08. The Bertz CT molecular complexity index is 431. The lowest BCUT2D eigenvalue weighted by Crippen LogP contribution is -2.41. The molecule has 0 amide bonds. The number of hydrogen-bond donors (Lipinski definition) is 0. The second kappa shape index (κ2) is 5.75. The minimum atomic E-state index is -4.13. The highest BCUT2D eigenvalue weighted by atomic mass is 32.2. The van der Waals surface area contributed by atoms with Gasteiger partial charge in [-0.3, -0.25) is 4.90 Å². The third-order valence-electron chi connectivity index (χ3n) is 3.37. The van der Waals surface area contributed by atoms with Gasteiger partial charge in [-0.15, -0.1) is 11.8 Å². The van der Waals surface area contributed by atoms with E-state index in [2.05, 4.69) is 0 Å². The first kappa shape index (κ1) is 14.7. The molecule has 1 heterocycles. The van der Waals surface area contributed by atoms with Crippen LogP contribution in [0, 0.1) is 0 Å². The molecule has 0 aromatic heterocycles. The van der Waals surface area contributed by atoms with E-state index in [9.17, 15) is 13.2 Å². The lowest BCUT2D eigenvalue weighted by molar-refractivity contribution is -0.149. The molecule has 1 unspecified atom stereocenters. The van der Waals surface area contributed by atoms with E-state index in [0.717, 1.165) is 5.75 Å². The van der Waals surface area contributed by atoms with Crippen LogP contribution in [-0.4, -0.2) is 36.0 Å². The highest BCUT2D eigenvalue weighted by Crippen LogP contribution is 2.40. The molecule has 0 bridgehead atoms. The van der Waals surface area contributed by atoms with Gasteiger partial charge in [0.1, 0.15) is 0 Å². The lowest BCUT2D eigenvalue weighted by Gasteiger charge is -2.30. The van der Waals surface area contributed by atoms with E-state index >= 15 is 0 Å². The maximum Gasteiger partial charge on any atom is 0.401 e. The number of nitrogens with zero attached hydrogens (tertiary/aromatic N) is 1. The van der Waals surface area contributed by atoms with E-state index in [1.54, 1.807) is 11.8 Å². The van der Waals surface area contributed by atoms with Crippen LogP contribution in [0.15, 0.2) is 29.2 Å². The highest BCUT2D eigenvalue weighted by Gasteiger charge is 2.34. The fourth-order valence-electron chi connectivity index (χ4n) is 2.35. The number of hydrogen-bond acceptors (Lipinski definition) is 2. The first-order valence-corrected chi connectivity index (χ1v) is 7.38. The highest BCUT2D eigenvalue weighted by molar-refractivity contribution is 7.99. The Balaban J connectivity index is 2.07. The van der Waals surface area contributed by atoms with Crippen LogP contribution in [0.2, 0.25) is 0 Å². The Kier molecular flexibility index (Phi) is 4.46. The van der Waals surface area contributed by atoms with Gasteiger partial charge < -0.3 is 0 Å². The molecule has 5 heteroatoms. The Morgan fingerprint density at radius 1 is 1.32 bits per heavy atom. The topological polar surface area (TPSA) is 3.24 Å². The second-order valence-corrected chi connectivity index (χ2v) is 6.25. The van der Waals surface area contributed by atoms with E-state index in [1.807, 2.05) is 38.1 Å². The molecule has 1 aliphatic heterocycles. The van der Waals surface area contributed by atoms with Gasteiger partial charge in [-0.25, -0.2) is 0 Å². The predicted molar refractivity (Wildman–Crippen MR) is 72.7 cm³/mol. The minimum absolute atomic E-state index is 0.0978. The number of alkyl halides is 3. The van der Waals surface area contributed by atoms with Crippen molar-refractivity contribution >= 4 is 11.8 Å². The van der Waals surface area contributed by atoms with Crippen LogP contribution < -0.4 is 0 Å². The summed E-state index contributed by atoms with van der Waals surface area (Å²) in [4.78, 5) is 2.73. The molecule has 0 saturated heterocycles. The average Bonchev–Trinajstić information content (AvgIpc) is 2.70. The van der Waals surface area contributed by atoms with E-state index in [1.165, 1.54) is 15.4 Å². The predicted octanol–water partition coefficient (Wildman–Crippen LogP) is 4.15. The van der Waals surface area contributed by atoms with Gasteiger partial charge in [0.2, 0.25) is 0 Å². The summed E-state index contributed by atoms with van der Waals surface area (Å²) in [6.07, 6.45) is -4.13. The molecule has 1 aromatic carbocycles. The summed E-state index contributed by atoms with van der Waals surface area (Å²) >= 11 is 1.74. The van der Waals surface area contributed by atoms with Crippen molar-refractivity contribution in [2.24, 2.45) is 0 Å². The van der Waals surface area contributed by atoms with Gasteiger partial charge >= 0.3 is 6.18 Å². The molecular formula is C14H18F3NS. The third-order valence-corrected chi connectivity index (χ3v) is 4.62. The average molecular weight is 289 g/mol. The van der Waals surface area contributed by atoms with Crippen LogP contribution >= 0.6 is 11.8 Å². The monoisotopic (exact) mass is 289 g/mol. The first-order valence-electron chi connectivity index (χ1n) is 6.39. The molecule has 106 valence electrons. The molecule has 1 atom stereocenters. The Morgan fingerprint density at radius 2 is 2.00 bits per heavy atom. The second-order valence-electron chi connectivity index (χ2n) is 5.18. The zero-order chi connectivity index (χ0) is 14.0. The number of thioether (sulfide) groups is 1. The Hall–Kier alpha value is -0.680. The van der Waals surface area contributed by atoms with Crippen molar-refractivity contribution in [3.05, 3.63) is 29.8 Å². The summed E-state index contributed by atoms with van der Waals surface area (Å²) in [6.45, 7) is 3.29. The van der Waals surface area contributed by atoms with E-state index in [4.69, 9.17) is 0 Å². The van der Waals surface area contributed by atoms with Gasteiger partial charge in [0, 0.05) is 29.2 Å². The summed E-state index contributed by atoms with van der Waals surface area (Å²) < 4.78 is 37.8. The van der Waals surface area contributed by atoms with Crippen LogP contribution in [0.1, 0.15) is 25.3 Å². The number of halogens is 3. The van der Waals surface area contributed by atoms with Crippen LogP contribution in [0.3, 0.4) is 0 Å². The standard InChI is InChI=1S/C14H18F3NS/c1-10(2)18(9-14(15,16)17)7-11-8-19-13-6-4-3-5-12(11)13/h3-6,10-11H,7-9H2,1-2H3. The number of fused-ring (bicyclic) bond motifs is 1. The molecule has 0 spiro atoms. The molecule has 0 aliphatic carbocycles. The van der Waals surface area contributed by atoms with Gasteiger partial charge in [-0.2, -0.15) is 13.2 Å². The molecule has 2 rings (SSSR count). The zero-order valence-corrected chi connectivity index (χ0v) is 11.9. The Labute approximate surface area is 116 Å². The number of rotatable bonds is 4. The van der Waals surface area contributed by atoms with Crippen molar-refractivity contribution in [2.75, 3.05) is 18.8 Å². The van der Waals surface area contributed by atoms with Gasteiger partial charge in [-0.05, 0) is 25.5 Å². The molecule has 1 aromatic rings.